The number of ether oxygens (including phenoxy) is 1. The standard InChI is InChI=1S/C24H34N6O/c1-6-30-19(5)22(18(4)27-30)16-28-11-8-12-29(14-13-28)24-25-17(3)21-15-20(31-7-2)9-10-23(21)26-24/h9-10,15H,6-8,11-14,16H2,1-5H3. The second-order valence-electron chi connectivity index (χ2n) is 8.30. The van der Waals surface area contributed by atoms with Crippen LogP contribution >= 0.6 is 0 Å². The van der Waals surface area contributed by atoms with Crippen LogP contribution in [0.25, 0.3) is 10.9 Å². The molecule has 0 unspecified atom stereocenters. The molecule has 1 aliphatic rings. The van der Waals surface area contributed by atoms with Crippen molar-refractivity contribution in [2.45, 2.75) is 54.1 Å². The van der Waals surface area contributed by atoms with E-state index in [2.05, 4.69) is 47.3 Å². The summed E-state index contributed by atoms with van der Waals surface area (Å²) in [5.74, 6) is 1.71. The van der Waals surface area contributed by atoms with Gasteiger partial charge in [-0.05, 0) is 59.2 Å². The Morgan fingerprint density at radius 2 is 1.81 bits per heavy atom. The molecule has 0 aliphatic carbocycles. The van der Waals surface area contributed by atoms with Gasteiger partial charge in [-0.1, -0.05) is 0 Å². The quantitative estimate of drug-likeness (QED) is 0.601. The summed E-state index contributed by atoms with van der Waals surface area (Å²) in [4.78, 5) is 14.6. The number of anilines is 1. The van der Waals surface area contributed by atoms with Gasteiger partial charge in [-0.3, -0.25) is 9.58 Å². The highest BCUT2D eigenvalue weighted by atomic mass is 16.5. The lowest BCUT2D eigenvalue weighted by molar-refractivity contribution is 0.284. The maximum absolute atomic E-state index is 5.64. The van der Waals surface area contributed by atoms with Crippen molar-refractivity contribution in [3.05, 3.63) is 40.8 Å². The van der Waals surface area contributed by atoms with Crippen molar-refractivity contribution in [3.8, 4) is 5.75 Å². The number of fused-ring (bicyclic) bond motifs is 1. The van der Waals surface area contributed by atoms with Crippen LogP contribution in [0.3, 0.4) is 0 Å². The summed E-state index contributed by atoms with van der Waals surface area (Å²) in [5, 5.41) is 5.75. The molecule has 1 fully saturated rings. The van der Waals surface area contributed by atoms with Crippen LogP contribution in [0, 0.1) is 20.8 Å². The molecular weight excluding hydrogens is 388 g/mol. The Bertz CT molecular complexity index is 1060. The van der Waals surface area contributed by atoms with E-state index < -0.39 is 0 Å². The van der Waals surface area contributed by atoms with E-state index in [4.69, 9.17) is 14.7 Å². The fraction of sp³-hybridized carbons (Fsp3) is 0.542. The lowest BCUT2D eigenvalue weighted by atomic mass is 10.2. The second kappa shape index (κ2) is 9.22. The summed E-state index contributed by atoms with van der Waals surface area (Å²) in [6.07, 6.45) is 1.10. The summed E-state index contributed by atoms with van der Waals surface area (Å²) >= 11 is 0. The van der Waals surface area contributed by atoms with Crippen molar-refractivity contribution in [3.63, 3.8) is 0 Å². The van der Waals surface area contributed by atoms with Gasteiger partial charge >= 0.3 is 0 Å². The zero-order valence-corrected chi connectivity index (χ0v) is 19.5. The fourth-order valence-corrected chi connectivity index (χ4v) is 4.47. The van der Waals surface area contributed by atoms with Crippen molar-refractivity contribution < 1.29 is 4.74 Å². The number of nitrogens with zero attached hydrogens (tertiary/aromatic N) is 6. The first-order valence-corrected chi connectivity index (χ1v) is 11.4. The number of aryl methyl sites for hydroxylation is 3. The molecule has 7 nitrogen and oxygen atoms in total. The molecule has 0 bridgehead atoms. The molecule has 0 amide bonds. The predicted molar refractivity (Wildman–Crippen MR) is 125 cm³/mol. The Morgan fingerprint density at radius 1 is 0.968 bits per heavy atom. The van der Waals surface area contributed by atoms with Gasteiger partial charge in [0.05, 0.1) is 23.5 Å². The van der Waals surface area contributed by atoms with Gasteiger partial charge < -0.3 is 9.64 Å². The molecule has 2 aromatic heterocycles. The first-order valence-electron chi connectivity index (χ1n) is 11.4. The molecule has 166 valence electrons. The van der Waals surface area contributed by atoms with E-state index in [-0.39, 0.29) is 0 Å². The van der Waals surface area contributed by atoms with Crippen LogP contribution in [-0.2, 0) is 13.1 Å². The molecule has 3 aromatic rings. The topological polar surface area (TPSA) is 59.3 Å². The van der Waals surface area contributed by atoms with Crippen molar-refractivity contribution in [1.29, 1.82) is 0 Å². The van der Waals surface area contributed by atoms with Crippen molar-refractivity contribution in [2.75, 3.05) is 37.7 Å². The van der Waals surface area contributed by atoms with Crippen LogP contribution in [0.4, 0.5) is 5.95 Å². The van der Waals surface area contributed by atoms with Gasteiger partial charge in [0.15, 0.2) is 0 Å². The summed E-state index contributed by atoms with van der Waals surface area (Å²) in [7, 11) is 0. The van der Waals surface area contributed by atoms with E-state index in [9.17, 15) is 0 Å². The summed E-state index contributed by atoms with van der Waals surface area (Å²) in [6, 6.07) is 6.08. The second-order valence-corrected chi connectivity index (χ2v) is 8.30. The third-order valence-electron chi connectivity index (χ3n) is 6.24. The zero-order valence-electron chi connectivity index (χ0n) is 19.5. The predicted octanol–water partition coefficient (Wildman–Crippen LogP) is 3.88. The molecule has 0 atom stereocenters. The van der Waals surface area contributed by atoms with Crippen LogP contribution < -0.4 is 9.64 Å². The fourth-order valence-electron chi connectivity index (χ4n) is 4.47. The Morgan fingerprint density at radius 3 is 2.55 bits per heavy atom. The average Bonchev–Trinajstić information content (AvgIpc) is 2.92. The first kappa shape index (κ1) is 21.6. The average molecular weight is 423 g/mol. The first-order chi connectivity index (χ1) is 15.0. The smallest absolute Gasteiger partial charge is 0.226 e. The molecule has 0 saturated carbocycles. The highest BCUT2D eigenvalue weighted by Crippen LogP contribution is 2.25. The third kappa shape index (κ3) is 4.51. The minimum atomic E-state index is 0.659. The number of hydrogen-bond donors (Lipinski definition) is 0. The Balaban J connectivity index is 1.49. The minimum absolute atomic E-state index is 0.659. The van der Waals surface area contributed by atoms with Crippen LogP contribution in [-0.4, -0.2) is 57.4 Å². The highest BCUT2D eigenvalue weighted by molar-refractivity contribution is 5.83. The summed E-state index contributed by atoms with van der Waals surface area (Å²) < 4.78 is 7.75. The molecule has 7 heteroatoms. The molecule has 1 saturated heterocycles. The molecule has 1 aromatic carbocycles. The van der Waals surface area contributed by atoms with E-state index in [1.807, 2.05) is 25.1 Å². The zero-order chi connectivity index (χ0) is 22.0. The van der Waals surface area contributed by atoms with Crippen LogP contribution in [0.1, 0.15) is 42.9 Å². The largest absolute Gasteiger partial charge is 0.494 e. The van der Waals surface area contributed by atoms with Gasteiger partial charge in [0.25, 0.3) is 0 Å². The molecule has 0 spiro atoms. The van der Waals surface area contributed by atoms with Gasteiger partial charge in [0.2, 0.25) is 5.95 Å². The van der Waals surface area contributed by atoms with Crippen molar-refractivity contribution >= 4 is 16.9 Å². The van der Waals surface area contributed by atoms with Gasteiger partial charge in [0, 0.05) is 55.9 Å². The van der Waals surface area contributed by atoms with Crippen molar-refractivity contribution in [2.24, 2.45) is 0 Å². The maximum atomic E-state index is 5.64. The van der Waals surface area contributed by atoms with Crippen molar-refractivity contribution in [1.82, 2.24) is 24.6 Å². The lowest BCUT2D eigenvalue weighted by Gasteiger charge is -2.23. The van der Waals surface area contributed by atoms with Crippen LogP contribution in [0.5, 0.6) is 5.75 Å². The summed E-state index contributed by atoms with van der Waals surface area (Å²) in [5.41, 5.74) is 5.80. The molecule has 0 N–H and O–H groups in total. The molecule has 31 heavy (non-hydrogen) atoms. The normalized spacial score (nSPS) is 15.5. The monoisotopic (exact) mass is 422 g/mol. The van der Waals surface area contributed by atoms with Gasteiger partial charge in [-0.15, -0.1) is 0 Å². The van der Waals surface area contributed by atoms with Gasteiger partial charge in [0.1, 0.15) is 5.75 Å². The van der Waals surface area contributed by atoms with E-state index in [0.29, 0.717) is 6.61 Å². The number of hydrogen-bond acceptors (Lipinski definition) is 6. The Kier molecular flexibility index (Phi) is 6.41. The molecule has 0 radical (unpaired) electrons. The van der Waals surface area contributed by atoms with Gasteiger partial charge in [-0.25, -0.2) is 9.97 Å². The Hall–Kier alpha value is -2.67. The van der Waals surface area contributed by atoms with E-state index in [1.54, 1.807) is 0 Å². The van der Waals surface area contributed by atoms with Crippen LogP contribution in [0.2, 0.25) is 0 Å². The van der Waals surface area contributed by atoms with E-state index in [1.165, 1.54) is 11.3 Å². The van der Waals surface area contributed by atoms with E-state index >= 15 is 0 Å². The SMILES string of the molecule is CCOc1ccc2nc(N3CCCN(Cc4c(C)nn(CC)c4C)CC3)nc(C)c2c1. The summed E-state index contributed by atoms with van der Waals surface area (Å²) in [6.45, 7) is 17.1. The Labute approximate surface area is 185 Å². The number of aromatic nitrogens is 4. The molecular formula is C24H34N6O. The van der Waals surface area contributed by atoms with E-state index in [0.717, 1.165) is 79.7 Å². The maximum Gasteiger partial charge on any atom is 0.226 e. The van der Waals surface area contributed by atoms with Gasteiger partial charge in [-0.2, -0.15) is 5.10 Å². The van der Waals surface area contributed by atoms with Crippen LogP contribution in [0.15, 0.2) is 18.2 Å². The number of benzene rings is 1. The molecule has 1 aliphatic heterocycles. The number of rotatable bonds is 6. The molecule has 4 rings (SSSR count). The molecule has 3 heterocycles. The minimum Gasteiger partial charge on any atom is -0.494 e. The third-order valence-corrected chi connectivity index (χ3v) is 6.24. The lowest BCUT2D eigenvalue weighted by Crippen LogP contribution is -2.31. The highest BCUT2D eigenvalue weighted by Gasteiger charge is 2.20.